The molecule has 0 aliphatic rings. The highest BCUT2D eigenvalue weighted by molar-refractivity contribution is 7.80. The number of nitrogens with zero attached hydrogens (tertiary/aromatic N) is 5. The fraction of sp³-hybridized carbons (Fsp3) is 0.333. The van der Waals surface area contributed by atoms with E-state index < -0.39 is 4.92 Å². The number of hydrazone groups is 2. The van der Waals surface area contributed by atoms with Gasteiger partial charge in [0.25, 0.3) is 5.69 Å². The molecule has 2 N–H and O–H groups in total. The fourth-order valence-electron chi connectivity index (χ4n) is 3.22. The van der Waals surface area contributed by atoms with E-state index in [0.29, 0.717) is 27.2 Å². The highest BCUT2D eigenvalue weighted by Crippen LogP contribution is 2.15. The van der Waals surface area contributed by atoms with Gasteiger partial charge in [0, 0.05) is 49.4 Å². The number of benzene rings is 2. The van der Waals surface area contributed by atoms with Crippen LogP contribution in [0, 0.1) is 10.1 Å². The van der Waals surface area contributed by atoms with Crippen molar-refractivity contribution in [3.63, 3.8) is 0 Å². The van der Waals surface area contributed by atoms with E-state index in [1.807, 2.05) is 67.8 Å². The molecule has 0 spiro atoms. The van der Waals surface area contributed by atoms with Crippen LogP contribution in [0.2, 0.25) is 0 Å². The summed E-state index contributed by atoms with van der Waals surface area (Å²) in [7, 11) is 0. The van der Waals surface area contributed by atoms with Crippen LogP contribution in [0.5, 0.6) is 0 Å². The molecule has 186 valence electrons. The summed E-state index contributed by atoms with van der Waals surface area (Å²) in [6, 6.07) is 15.7. The van der Waals surface area contributed by atoms with E-state index in [1.165, 1.54) is 12.1 Å². The second-order valence-electron chi connectivity index (χ2n) is 7.27. The maximum atomic E-state index is 11.2. The lowest BCUT2D eigenvalue weighted by molar-refractivity contribution is -0.384. The molecular formula is C24H31N7O2S2. The molecule has 0 unspecified atom stereocenters. The van der Waals surface area contributed by atoms with Gasteiger partial charge in [-0.05, 0) is 64.3 Å². The van der Waals surface area contributed by atoms with Gasteiger partial charge in [-0.15, -0.1) is 0 Å². The van der Waals surface area contributed by atoms with Crippen LogP contribution in [-0.4, -0.2) is 62.6 Å². The number of nitro groups is 1. The molecule has 0 atom stereocenters. The van der Waals surface area contributed by atoms with Crippen molar-refractivity contribution in [3.8, 4) is 0 Å². The lowest BCUT2D eigenvalue weighted by Crippen LogP contribution is -2.39. The molecule has 0 fully saturated rings. The van der Waals surface area contributed by atoms with E-state index in [9.17, 15) is 10.1 Å². The number of rotatable bonds is 10. The van der Waals surface area contributed by atoms with Gasteiger partial charge in [0.15, 0.2) is 10.2 Å². The molecule has 0 bridgehead atoms. The number of hydrogen-bond acceptors (Lipinski definition) is 6. The molecule has 0 saturated carbocycles. The van der Waals surface area contributed by atoms with Gasteiger partial charge < -0.3 is 9.80 Å². The molecule has 0 saturated heterocycles. The largest absolute Gasteiger partial charge is 0.348 e. The van der Waals surface area contributed by atoms with Crippen LogP contribution in [0.25, 0.3) is 0 Å². The lowest BCUT2D eigenvalue weighted by Gasteiger charge is -2.22. The molecule has 11 heteroatoms. The first-order valence-corrected chi connectivity index (χ1v) is 12.2. The van der Waals surface area contributed by atoms with Gasteiger partial charge in [0.1, 0.15) is 11.4 Å². The Balaban J connectivity index is 2.60. The Hall–Kier alpha value is -3.44. The first-order chi connectivity index (χ1) is 16.9. The van der Waals surface area contributed by atoms with E-state index in [2.05, 4.69) is 21.1 Å². The molecule has 0 aromatic heterocycles. The molecule has 35 heavy (non-hydrogen) atoms. The molecule has 0 radical (unpaired) electrons. The van der Waals surface area contributed by atoms with Crippen molar-refractivity contribution in [2.45, 2.75) is 27.7 Å². The summed E-state index contributed by atoms with van der Waals surface area (Å²) < 4.78 is 0. The lowest BCUT2D eigenvalue weighted by atomic mass is 9.99. The summed E-state index contributed by atoms with van der Waals surface area (Å²) in [5.74, 6) is 0. The normalized spacial score (nSPS) is 11.5. The van der Waals surface area contributed by atoms with Crippen LogP contribution in [-0.2, 0) is 0 Å². The summed E-state index contributed by atoms with van der Waals surface area (Å²) in [6.45, 7) is 11.0. The first kappa shape index (κ1) is 27.8. The summed E-state index contributed by atoms with van der Waals surface area (Å²) in [6.07, 6.45) is 0. The van der Waals surface area contributed by atoms with Crippen molar-refractivity contribution in [1.29, 1.82) is 0 Å². The highest BCUT2D eigenvalue weighted by Gasteiger charge is 2.18. The zero-order valence-electron chi connectivity index (χ0n) is 20.4. The Labute approximate surface area is 217 Å². The third kappa shape index (κ3) is 7.79. The van der Waals surface area contributed by atoms with Crippen molar-refractivity contribution in [3.05, 3.63) is 75.8 Å². The fourth-order valence-corrected chi connectivity index (χ4v) is 3.82. The van der Waals surface area contributed by atoms with E-state index in [4.69, 9.17) is 24.4 Å². The average molecular weight is 514 g/mol. The third-order valence-electron chi connectivity index (χ3n) is 5.25. The van der Waals surface area contributed by atoms with Gasteiger partial charge in [-0.1, -0.05) is 30.3 Å². The number of hydrogen-bond donors (Lipinski definition) is 2. The van der Waals surface area contributed by atoms with Crippen molar-refractivity contribution in [2.75, 3.05) is 26.2 Å². The quantitative estimate of drug-likeness (QED) is 0.212. The second-order valence-corrected chi connectivity index (χ2v) is 8.04. The predicted molar refractivity (Wildman–Crippen MR) is 150 cm³/mol. The molecule has 0 heterocycles. The minimum absolute atomic E-state index is 0.0150. The van der Waals surface area contributed by atoms with Gasteiger partial charge in [0.2, 0.25) is 0 Å². The monoisotopic (exact) mass is 513 g/mol. The maximum absolute atomic E-state index is 11.2. The molecule has 0 aliphatic carbocycles. The number of nitro benzene ring substituents is 1. The summed E-state index contributed by atoms with van der Waals surface area (Å²) in [5, 5.41) is 21.4. The zero-order valence-corrected chi connectivity index (χ0v) is 22.0. The average Bonchev–Trinajstić information content (AvgIpc) is 2.88. The summed E-state index contributed by atoms with van der Waals surface area (Å²) in [5.41, 5.74) is 8.30. The Morgan fingerprint density at radius 3 is 1.54 bits per heavy atom. The Kier molecular flexibility index (Phi) is 11.2. The van der Waals surface area contributed by atoms with E-state index in [-0.39, 0.29) is 5.69 Å². The van der Waals surface area contributed by atoms with Crippen LogP contribution >= 0.6 is 24.4 Å². The zero-order chi connectivity index (χ0) is 25.8. The highest BCUT2D eigenvalue weighted by atomic mass is 32.1. The Morgan fingerprint density at radius 2 is 1.17 bits per heavy atom. The first-order valence-electron chi connectivity index (χ1n) is 11.4. The van der Waals surface area contributed by atoms with Crippen molar-refractivity contribution in [1.82, 2.24) is 20.7 Å². The van der Waals surface area contributed by atoms with Crippen molar-refractivity contribution >= 4 is 51.8 Å². The molecule has 9 nitrogen and oxygen atoms in total. The standard InChI is InChI=1S/C24H31N7O2S2/c1-5-29(6-2)23(34)27-25-21(18-12-10-9-11-13-18)22(26-28-24(35)30(7-3)8-4)19-14-16-20(17-15-19)31(32)33/h9-17H,5-8H2,1-4H3,(H,27,34)(H,28,35). The molecular weight excluding hydrogens is 482 g/mol. The molecule has 2 aromatic rings. The topological polar surface area (TPSA) is 98.4 Å². The molecule has 2 rings (SSSR count). The van der Waals surface area contributed by atoms with Gasteiger partial charge in [-0.3, -0.25) is 21.0 Å². The maximum Gasteiger partial charge on any atom is 0.269 e. The van der Waals surface area contributed by atoms with E-state index in [1.54, 1.807) is 12.1 Å². The number of nitrogens with one attached hydrogen (secondary N) is 2. The number of thiocarbonyl (C=S) groups is 2. The Bertz CT molecular complexity index is 1070. The summed E-state index contributed by atoms with van der Waals surface area (Å²) >= 11 is 11.0. The second kappa shape index (κ2) is 14.1. The SMILES string of the molecule is CCN(CC)C(=S)NN=C(C(=NNC(=S)N(CC)CC)c1ccc([N+](=O)[O-])cc1)c1ccccc1. The van der Waals surface area contributed by atoms with E-state index in [0.717, 1.165) is 31.7 Å². The third-order valence-corrected chi connectivity index (χ3v) is 5.95. The van der Waals surface area contributed by atoms with Crippen molar-refractivity contribution in [2.24, 2.45) is 10.2 Å². The van der Waals surface area contributed by atoms with Crippen LogP contribution in [0.3, 0.4) is 0 Å². The van der Waals surface area contributed by atoms with Crippen LogP contribution in [0.15, 0.2) is 64.8 Å². The smallest absolute Gasteiger partial charge is 0.269 e. The van der Waals surface area contributed by atoms with Crippen LogP contribution < -0.4 is 10.9 Å². The summed E-state index contributed by atoms with van der Waals surface area (Å²) in [4.78, 5) is 14.7. The molecule has 2 aromatic carbocycles. The van der Waals surface area contributed by atoms with Crippen LogP contribution in [0.4, 0.5) is 5.69 Å². The minimum atomic E-state index is -0.440. The minimum Gasteiger partial charge on any atom is -0.348 e. The number of non-ortho nitro benzene ring substituents is 1. The predicted octanol–water partition coefficient (Wildman–Crippen LogP) is 4.14. The van der Waals surface area contributed by atoms with Gasteiger partial charge >= 0.3 is 0 Å². The van der Waals surface area contributed by atoms with Gasteiger partial charge in [0.05, 0.1) is 4.92 Å². The molecule has 0 aliphatic heterocycles. The van der Waals surface area contributed by atoms with Gasteiger partial charge in [-0.25, -0.2) is 0 Å². The van der Waals surface area contributed by atoms with Crippen molar-refractivity contribution < 1.29 is 4.92 Å². The van der Waals surface area contributed by atoms with Gasteiger partial charge in [-0.2, -0.15) is 10.2 Å². The molecule has 0 amide bonds. The van der Waals surface area contributed by atoms with E-state index >= 15 is 0 Å². The van der Waals surface area contributed by atoms with Crippen LogP contribution in [0.1, 0.15) is 38.8 Å². The Morgan fingerprint density at radius 1 is 0.771 bits per heavy atom.